The topological polar surface area (TPSA) is 84.9 Å². The lowest BCUT2D eigenvalue weighted by atomic mass is 10.1. The average molecular weight is 448 g/mol. The van der Waals surface area contributed by atoms with Crippen molar-refractivity contribution in [1.82, 2.24) is 5.32 Å². The molecule has 7 heteroatoms. The van der Waals surface area contributed by atoms with Gasteiger partial charge in [0, 0.05) is 6.92 Å². The van der Waals surface area contributed by atoms with Crippen LogP contribution in [0.2, 0.25) is 0 Å². The maximum atomic E-state index is 11.3. The molecule has 0 saturated carbocycles. The van der Waals surface area contributed by atoms with Gasteiger partial charge in [0.05, 0.1) is 11.1 Å². The van der Waals surface area contributed by atoms with Crippen LogP contribution < -0.4 is 14.8 Å². The molecular weight excluding hydrogens is 426 g/mol. The van der Waals surface area contributed by atoms with E-state index in [1.807, 2.05) is 38.1 Å². The summed E-state index contributed by atoms with van der Waals surface area (Å²) in [6, 6.07) is 11.4. The predicted molar refractivity (Wildman–Crippen MR) is 110 cm³/mol. The van der Waals surface area contributed by atoms with E-state index in [0.29, 0.717) is 34.7 Å². The van der Waals surface area contributed by atoms with E-state index in [0.717, 1.165) is 11.1 Å². The molecule has 2 aromatic rings. The molecule has 0 radical (unpaired) electrons. The summed E-state index contributed by atoms with van der Waals surface area (Å²) in [5.74, 6) is -0.694. The lowest BCUT2D eigenvalue weighted by Gasteiger charge is -2.15. The van der Waals surface area contributed by atoms with Crippen LogP contribution in [0.15, 0.2) is 46.6 Å². The van der Waals surface area contributed by atoms with Gasteiger partial charge in [0.1, 0.15) is 12.3 Å². The van der Waals surface area contributed by atoms with E-state index in [9.17, 15) is 14.7 Å². The zero-order chi connectivity index (χ0) is 20.7. The smallest absolute Gasteiger partial charge is 0.352 e. The Balaban J connectivity index is 2.34. The van der Waals surface area contributed by atoms with Gasteiger partial charge >= 0.3 is 5.97 Å². The molecule has 0 bridgehead atoms. The zero-order valence-corrected chi connectivity index (χ0v) is 17.5. The molecule has 2 rings (SSSR count). The zero-order valence-electron chi connectivity index (χ0n) is 15.9. The van der Waals surface area contributed by atoms with E-state index in [1.165, 1.54) is 13.0 Å². The molecular formula is C21H22BrNO5. The van der Waals surface area contributed by atoms with Crippen molar-refractivity contribution in [3.8, 4) is 11.5 Å². The summed E-state index contributed by atoms with van der Waals surface area (Å²) in [5.41, 5.74) is 2.49. The van der Waals surface area contributed by atoms with E-state index in [2.05, 4.69) is 21.2 Å². The average Bonchev–Trinajstić information content (AvgIpc) is 2.60. The van der Waals surface area contributed by atoms with Gasteiger partial charge in [0.2, 0.25) is 5.91 Å². The van der Waals surface area contributed by atoms with Crippen molar-refractivity contribution >= 4 is 33.9 Å². The molecule has 0 aromatic heterocycles. The number of carbonyl (C=O) groups excluding carboxylic acids is 1. The first-order valence-corrected chi connectivity index (χ1v) is 9.46. The number of hydrogen-bond acceptors (Lipinski definition) is 4. The highest BCUT2D eigenvalue weighted by molar-refractivity contribution is 9.10. The van der Waals surface area contributed by atoms with Gasteiger partial charge in [-0.05, 0) is 59.1 Å². The molecule has 6 nitrogen and oxygen atoms in total. The van der Waals surface area contributed by atoms with Gasteiger partial charge in [0.25, 0.3) is 0 Å². The molecule has 28 heavy (non-hydrogen) atoms. The summed E-state index contributed by atoms with van der Waals surface area (Å²) >= 11 is 3.46. The van der Waals surface area contributed by atoms with Crippen LogP contribution in [0.5, 0.6) is 11.5 Å². The number of halogens is 1. The SMILES string of the molecule is CCOc1cc(/C=C(/NC(C)=O)C(=O)O)cc(Br)c1OCc1cccc(C)c1. The molecule has 0 heterocycles. The van der Waals surface area contributed by atoms with Gasteiger partial charge in [-0.3, -0.25) is 4.79 Å². The van der Waals surface area contributed by atoms with Gasteiger partial charge in [-0.1, -0.05) is 29.8 Å². The van der Waals surface area contributed by atoms with E-state index in [-0.39, 0.29) is 5.70 Å². The Bertz CT molecular complexity index is 908. The third-order valence-electron chi connectivity index (χ3n) is 3.65. The summed E-state index contributed by atoms with van der Waals surface area (Å²) in [7, 11) is 0. The maximum absolute atomic E-state index is 11.3. The fourth-order valence-electron chi connectivity index (χ4n) is 2.54. The number of hydrogen-bond donors (Lipinski definition) is 2. The summed E-state index contributed by atoms with van der Waals surface area (Å²) < 4.78 is 12.2. The number of carboxylic acid groups (broad SMARTS) is 1. The summed E-state index contributed by atoms with van der Waals surface area (Å²) in [6.07, 6.45) is 1.36. The van der Waals surface area contributed by atoms with E-state index >= 15 is 0 Å². The van der Waals surface area contributed by atoms with E-state index in [1.54, 1.807) is 12.1 Å². The molecule has 148 valence electrons. The van der Waals surface area contributed by atoms with Gasteiger partial charge in [-0.25, -0.2) is 4.79 Å². The van der Waals surface area contributed by atoms with Crippen molar-refractivity contribution < 1.29 is 24.2 Å². The molecule has 0 saturated heterocycles. The fraction of sp³-hybridized carbons (Fsp3) is 0.238. The number of nitrogens with one attached hydrogen (secondary N) is 1. The van der Waals surface area contributed by atoms with Crippen molar-refractivity contribution in [2.75, 3.05) is 6.61 Å². The Morgan fingerprint density at radius 2 is 1.96 bits per heavy atom. The second kappa shape index (κ2) is 9.94. The third-order valence-corrected chi connectivity index (χ3v) is 4.24. The van der Waals surface area contributed by atoms with Gasteiger partial charge in [-0.15, -0.1) is 0 Å². The Morgan fingerprint density at radius 3 is 2.57 bits per heavy atom. The van der Waals surface area contributed by atoms with Crippen LogP contribution >= 0.6 is 15.9 Å². The number of ether oxygens (including phenoxy) is 2. The second-order valence-electron chi connectivity index (χ2n) is 6.09. The molecule has 2 aromatic carbocycles. The normalized spacial score (nSPS) is 11.1. The number of carboxylic acids is 1. The first kappa shape index (κ1) is 21.5. The molecule has 0 aliphatic carbocycles. The molecule has 0 spiro atoms. The molecule has 2 N–H and O–H groups in total. The third kappa shape index (κ3) is 6.13. The van der Waals surface area contributed by atoms with Crippen LogP contribution in [-0.4, -0.2) is 23.6 Å². The maximum Gasteiger partial charge on any atom is 0.352 e. The Kier molecular flexibility index (Phi) is 7.63. The van der Waals surface area contributed by atoms with Gasteiger partial charge in [0.15, 0.2) is 11.5 Å². The Labute approximate surface area is 172 Å². The monoisotopic (exact) mass is 447 g/mol. The van der Waals surface area contributed by atoms with Crippen LogP contribution in [0.3, 0.4) is 0 Å². The van der Waals surface area contributed by atoms with Crippen molar-refractivity contribution in [2.45, 2.75) is 27.4 Å². The van der Waals surface area contributed by atoms with Gasteiger partial charge < -0.3 is 19.9 Å². The summed E-state index contributed by atoms with van der Waals surface area (Å²) in [4.78, 5) is 22.6. The molecule has 0 unspecified atom stereocenters. The first-order chi connectivity index (χ1) is 13.3. The highest BCUT2D eigenvalue weighted by Gasteiger charge is 2.14. The lowest BCUT2D eigenvalue weighted by Crippen LogP contribution is -2.24. The molecule has 0 fully saturated rings. The van der Waals surface area contributed by atoms with E-state index in [4.69, 9.17) is 9.47 Å². The standard InChI is InChI=1S/C21H22BrNO5/c1-4-27-19-11-16(10-18(21(25)26)23-14(3)24)9-17(22)20(19)28-12-15-7-5-6-13(2)8-15/h5-11H,4,12H2,1-3H3,(H,23,24)(H,25,26)/b18-10+. The van der Waals surface area contributed by atoms with Crippen LogP contribution in [-0.2, 0) is 16.2 Å². The number of rotatable bonds is 8. The highest BCUT2D eigenvalue weighted by atomic mass is 79.9. The van der Waals surface area contributed by atoms with Crippen molar-refractivity contribution in [3.05, 3.63) is 63.3 Å². The minimum Gasteiger partial charge on any atom is -0.490 e. The highest BCUT2D eigenvalue weighted by Crippen LogP contribution is 2.38. The van der Waals surface area contributed by atoms with Crippen LogP contribution in [0.4, 0.5) is 0 Å². The van der Waals surface area contributed by atoms with E-state index < -0.39 is 11.9 Å². The van der Waals surface area contributed by atoms with Crippen LogP contribution in [0.1, 0.15) is 30.5 Å². The Morgan fingerprint density at radius 1 is 1.21 bits per heavy atom. The summed E-state index contributed by atoms with van der Waals surface area (Å²) in [6.45, 7) is 5.89. The van der Waals surface area contributed by atoms with Crippen molar-refractivity contribution in [1.29, 1.82) is 0 Å². The van der Waals surface area contributed by atoms with Crippen LogP contribution in [0, 0.1) is 6.92 Å². The molecule has 0 aliphatic rings. The first-order valence-electron chi connectivity index (χ1n) is 8.67. The van der Waals surface area contributed by atoms with Crippen molar-refractivity contribution in [3.63, 3.8) is 0 Å². The molecule has 1 amide bonds. The van der Waals surface area contributed by atoms with Crippen molar-refractivity contribution in [2.24, 2.45) is 0 Å². The number of carbonyl (C=O) groups is 2. The second-order valence-corrected chi connectivity index (χ2v) is 6.94. The lowest BCUT2D eigenvalue weighted by molar-refractivity contribution is -0.134. The number of amides is 1. The van der Waals surface area contributed by atoms with Gasteiger partial charge in [-0.2, -0.15) is 0 Å². The Hall–Kier alpha value is -2.80. The quantitative estimate of drug-likeness (QED) is 0.589. The predicted octanol–water partition coefficient (Wildman–Crippen LogP) is 4.30. The number of benzene rings is 2. The number of aliphatic carboxylic acids is 1. The summed E-state index contributed by atoms with van der Waals surface area (Å²) in [5, 5.41) is 11.6. The molecule has 0 atom stereocenters. The number of aryl methyl sites for hydroxylation is 1. The largest absolute Gasteiger partial charge is 0.490 e. The minimum atomic E-state index is -1.23. The minimum absolute atomic E-state index is 0.227. The molecule has 0 aliphatic heterocycles. The fourth-order valence-corrected chi connectivity index (χ4v) is 3.11. The van der Waals surface area contributed by atoms with Crippen LogP contribution in [0.25, 0.3) is 6.08 Å².